The molecule has 3 aromatic heterocycles. The summed E-state index contributed by atoms with van der Waals surface area (Å²) in [4.78, 5) is 14.8. The lowest BCUT2D eigenvalue weighted by Crippen LogP contribution is -2.44. The first-order valence-corrected chi connectivity index (χ1v) is 14.3. The van der Waals surface area contributed by atoms with Crippen LogP contribution in [0.4, 0.5) is 10.3 Å². The topological polar surface area (TPSA) is 81.1 Å². The molecule has 9 heteroatoms. The van der Waals surface area contributed by atoms with E-state index in [2.05, 4.69) is 50.5 Å². The minimum atomic E-state index is -1.23. The van der Waals surface area contributed by atoms with Crippen LogP contribution in [-0.4, -0.2) is 44.5 Å². The van der Waals surface area contributed by atoms with Crippen molar-refractivity contribution in [2.45, 2.75) is 71.1 Å². The van der Waals surface area contributed by atoms with E-state index in [1.54, 1.807) is 26.4 Å². The number of nitrogens with zero attached hydrogens (tertiary/aromatic N) is 5. The van der Waals surface area contributed by atoms with Crippen LogP contribution in [0, 0.1) is 0 Å². The third kappa shape index (κ3) is 3.44. The van der Waals surface area contributed by atoms with Gasteiger partial charge in [0.2, 0.25) is 5.95 Å². The highest BCUT2D eigenvalue weighted by molar-refractivity contribution is 5.90. The van der Waals surface area contributed by atoms with Crippen LogP contribution in [0.2, 0.25) is 0 Å². The number of nitrogens with one attached hydrogen (secondary N) is 1. The van der Waals surface area contributed by atoms with Crippen molar-refractivity contribution in [3.63, 3.8) is 0 Å². The second kappa shape index (κ2) is 9.01. The predicted octanol–water partition coefficient (Wildman–Crippen LogP) is 5.78. The number of fused-ring (bicyclic) bond motifs is 10. The van der Waals surface area contributed by atoms with Crippen LogP contribution in [0.15, 0.2) is 48.7 Å². The van der Waals surface area contributed by atoms with Crippen LogP contribution in [0.25, 0.3) is 11.3 Å². The van der Waals surface area contributed by atoms with E-state index in [1.165, 1.54) is 0 Å². The van der Waals surface area contributed by atoms with Gasteiger partial charge in [-0.05, 0) is 51.3 Å². The van der Waals surface area contributed by atoms with Gasteiger partial charge in [-0.25, -0.2) is 19.0 Å². The standard InChI is InChI=1S/C32H35FN6O2/c1-7-19-9-8-10-21-25-27(33)32(5,40-6)28-23(11-13-34-28)31(25,4)29-22-17-38(14-12-24(22)37-39(29)26(19)21)30-35-15-20(16-36-30)41-18(2)3/h8-11,13,15-16,18,34H,7,12,14,17H2,1-6H3. The number of hydrogen-bond donors (Lipinski definition) is 1. The lowest BCUT2D eigenvalue weighted by molar-refractivity contribution is 0.00975. The maximum Gasteiger partial charge on any atom is 0.225 e. The van der Waals surface area contributed by atoms with Crippen molar-refractivity contribution < 1.29 is 13.9 Å². The number of anilines is 1. The Balaban J connectivity index is 1.45. The van der Waals surface area contributed by atoms with Gasteiger partial charge < -0.3 is 19.4 Å². The summed E-state index contributed by atoms with van der Waals surface area (Å²) in [6.45, 7) is 11.3. The van der Waals surface area contributed by atoms with Crippen LogP contribution in [0.3, 0.4) is 0 Å². The van der Waals surface area contributed by atoms with Gasteiger partial charge in [0, 0.05) is 49.5 Å². The van der Waals surface area contributed by atoms with E-state index in [1.807, 2.05) is 32.2 Å². The summed E-state index contributed by atoms with van der Waals surface area (Å²) in [6, 6.07) is 8.23. The molecule has 212 valence electrons. The molecule has 41 heavy (non-hydrogen) atoms. The van der Waals surface area contributed by atoms with Crippen LogP contribution in [0.1, 0.15) is 74.0 Å². The lowest BCUT2D eigenvalue weighted by Gasteiger charge is -2.46. The summed E-state index contributed by atoms with van der Waals surface area (Å²) in [5, 5.41) is 5.23. The Morgan fingerprint density at radius 1 is 1.15 bits per heavy atom. The summed E-state index contributed by atoms with van der Waals surface area (Å²) in [7, 11) is 1.57. The van der Waals surface area contributed by atoms with Gasteiger partial charge in [-0.2, -0.15) is 5.10 Å². The van der Waals surface area contributed by atoms with E-state index in [4.69, 9.17) is 14.6 Å². The molecule has 0 spiro atoms. The van der Waals surface area contributed by atoms with Crippen molar-refractivity contribution in [3.05, 3.63) is 88.0 Å². The van der Waals surface area contributed by atoms with Gasteiger partial charge in [0.05, 0.1) is 46.7 Å². The molecule has 0 saturated carbocycles. The molecule has 0 radical (unpaired) electrons. The molecule has 1 aliphatic carbocycles. The van der Waals surface area contributed by atoms with Crippen molar-refractivity contribution in [1.29, 1.82) is 0 Å². The number of benzene rings is 1. The smallest absolute Gasteiger partial charge is 0.225 e. The van der Waals surface area contributed by atoms with Crippen molar-refractivity contribution in [1.82, 2.24) is 24.7 Å². The Kier molecular flexibility index (Phi) is 5.70. The van der Waals surface area contributed by atoms with Gasteiger partial charge in [0.1, 0.15) is 5.83 Å². The van der Waals surface area contributed by atoms with Gasteiger partial charge in [-0.1, -0.05) is 25.1 Å². The number of aromatic amines is 1. The van der Waals surface area contributed by atoms with Crippen molar-refractivity contribution in [3.8, 4) is 11.4 Å². The number of H-pyrrole nitrogens is 1. The fourth-order valence-electron chi connectivity index (χ4n) is 7.06. The zero-order valence-electron chi connectivity index (χ0n) is 24.4. The quantitative estimate of drug-likeness (QED) is 0.337. The number of halogens is 1. The van der Waals surface area contributed by atoms with Gasteiger partial charge >= 0.3 is 0 Å². The Morgan fingerprint density at radius 2 is 1.93 bits per heavy atom. The highest BCUT2D eigenvalue weighted by Crippen LogP contribution is 2.60. The second-order valence-electron chi connectivity index (χ2n) is 11.7. The third-order valence-electron chi connectivity index (χ3n) is 9.07. The molecule has 4 aromatic rings. The molecule has 1 aromatic carbocycles. The molecule has 0 bridgehead atoms. The Morgan fingerprint density at radius 3 is 2.63 bits per heavy atom. The molecule has 2 unspecified atom stereocenters. The van der Waals surface area contributed by atoms with Gasteiger partial charge in [-0.15, -0.1) is 0 Å². The molecule has 3 aliphatic rings. The van der Waals surface area contributed by atoms with E-state index >= 15 is 4.39 Å². The summed E-state index contributed by atoms with van der Waals surface area (Å²) >= 11 is 0. The van der Waals surface area contributed by atoms with Gasteiger partial charge in [0.15, 0.2) is 11.4 Å². The van der Waals surface area contributed by atoms with E-state index < -0.39 is 11.0 Å². The zero-order chi connectivity index (χ0) is 28.7. The highest BCUT2D eigenvalue weighted by Gasteiger charge is 2.56. The predicted molar refractivity (Wildman–Crippen MR) is 155 cm³/mol. The molecule has 0 fully saturated rings. The molecular formula is C32H35FN6O2. The van der Waals surface area contributed by atoms with Crippen LogP contribution < -0.4 is 9.64 Å². The zero-order valence-corrected chi connectivity index (χ0v) is 24.4. The van der Waals surface area contributed by atoms with Crippen LogP contribution in [0.5, 0.6) is 5.75 Å². The number of aryl methyl sites for hydroxylation is 1. The van der Waals surface area contributed by atoms with Gasteiger partial charge in [0.25, 0.3) is 0 Å². The fourth-order valence-corrected chi connectivity index (χ4v) is 7.06. The number of methoxy groups -OCH3 is 1. The number of para-hydroxylation sites is 1. The Hall–Kier alpha value is -3.98. The number of allylic oxidation sites excluding steroid dienone is 1. The van der Waals surface area contributed by atoms with Crippen LogP contribution >= 0.6 is 0 Å². The normalized spacial score (nSPS) is 22.7. The molecule has 2 aliphatic heterocycles. The first-order chi connectivity index (χ1) is 19.7. The minimum Gasteiger partial charge on any atom is -0.488 e. The number of rotatable bonds is 5. The lowest BCUT2D eigenvalue weighted by atomic mass is 9.61. The number of aromatic nitrogens is 5. The summed E-state index contributed by atoms with van der Waals surface area (Å²) < 4.78 is 30.8. The maximum absolute atomic E-state index is 17.0. The average Bonchev–Trinajstić information content (AvgIpc) is 3.62. The SMILES string of the molecule is CCc1cccc2c1-n1nc3c(c1C1(C)C2=C(F)C(C)(OC)c2[nH]ccc21)CN(c1ncc(OC(C)C)cn1)CC3. The van der Waals surface area contributed by atoms with E-state index in [-0.39, 0.29) is 11.9 Å². The monoisotopic (exact) mass is 554 g/mol. The largest absolute Gasteiger partial charge is 0.488 e. The average molecular weight is 555 g/mol. The van der Waals surface area contributed by atoms with Gasteiger partial charge in [-0.3, -0.25) is 0 Å². The van der Waals surface area contributed by atoms with Crippen molar-refractivity contribution in [2.75, 3.05) is 18.6 Å². The van der Waals surface area contributed by atoms with Crippen LogP contribution in [-0.2, 0) is 35.1 Å². The molecule has 0 amide bonds. The van der Waals surface area contributed by atoms with Crippen molar-refractivity contribution in [2.24, 2.45) is 0 Å². The molecule has 8 nitrogen and oxygen atoms in total. The molecule has 1 N–H and O–H groups in total. The Labute approximate surface area is 239 Å². The second-order valence-corrected chi connectivity index (χ2v) is 11.7. The first kappa shape index (κ1) is 26.0. The first-order valence-electron chi connectivity index (χ1n) is 14.3. The summed E-state index contributed by atoms with van der Waals surface area (Å²) in [6.07, 6.45) is 6.93. The molecule has 7 rings (SSSR count). The molecule has 2 atom stereocenters. The fraction of sp³-hybridized carbons (Fsp3) is 0.406. The van der Waals surface area contributed by atoms with E-state index in [0.29, 0.717) is 23.8 Å². The highest BCUT2D eigenvalue weighted by atomic mass is 19.1. The maximum atomic E-state index is 17.0. The Bertz CT molecular complexity index is 1700. The third-order valence-corrected chi connectivity index (χ3v) is 9.07. The minimum absolute atomic E-state index is 0.0500. The molecule has 5 heterocycles. The molecular weight excluding hydrogens is 519 g/mol. The number of hydrogen-bond acceptors (Lipinski definition) is 6. The molecule has 0 saturated heterocycles. The summed E-state index contributed by atoms with van der Waals surface area (Å²) in [5.74, 6) is 1.02. The van der Waals surface area contributed by atoms with E-state index in [0.717, 1.165) is 64.4 Å². The number of ether oxygens (including phenoxy) is 2. The summed E-state index contributed by atoms with van der Waals surface area (Å²) in [5.41, 5.74) is 6.44. The van der Waals surface area contributed by atoms with E-state index in [9.17, 15) is 0 Å². The van der Waals surface area contributed by atoms with Crippen molar-refractivity contribution >= 4 is 11.5 Å².